The van der Waals surface area contributed by atoms with Crippen LogP contribution < -0.4 is 15.6 Å². The van der Waals surface area contributed by atoms with Gasteiger partial charge in [0.2, 0.25) is 5.91 Å². The van der Waals surface area contributed by atoms with Crippen LogP contribution in [0.2, 0.25) is 5.02 Å². The van der Waals surface area contributed by atoms with Crippen molar-refractivity contribution in [3.05, 3.63) is 106 Å². The van der Waals surface area contributed by atoms with Crippen LogP contribution in [0.5, 0.6) is 11.5 Å². The van der Waals surface area contributed by atoms with E-state index in [0.717, 1.165) is 0 Å². The van der Waals surface area contributed by atoms with E-state index < -0.39 is 5.56 Å². The van der Waals surface area contributed by atoms with Gasteiger partial charge in [0.25, 0.3) is 11.5 Å². The molecule has 0 unspecified atom stereocenters. The van der Waals surface area contributed by atoms with Crippen LogP contribution in [-0.2, 0) is 4.79 Å². The zero-order valence-corrected chi connectivity index (χ0v) is 22.0. The van der Waals surface area contributed by atoms with Crippen LogP contribution in [0.25, 0.3) is 5.69 Å². The highest BCUT2D eigenvalue weighted by molar-refractivity contribution is 6.30. The fourth-order valence-corrected chi connectivity index (χ4v) is 4.42. The zero-order valence-electron chi connectivity index (χ0n) is 21.2. The Kier molecular flexibility index (Phi) is 7.60. The van der Waals surface area contributed by atoms with Crippen molar-refractivity contribution in [2.45, 2.75) is 6.92 Å². The van der Waals surface area contributed by atoms with Gasteiger partial charge in [-0.2, -0.15) is 9.78 Å². The topological polar surface area (TPSA) is 96.8 Å². The Morgan fingerprint density at radius 1 is 0.897 bits per heavy atom. The Morgan fingerprint density at radius 3 is 2.28 bits per heavy atom. The molecule has 9 nitrogen and oxygen atoms in total. The number of para-hydroxylation sites is 1. The lowest BCUT2D eigenvalue weighted by Gasteiger charge is -2.34. The lowest BCUT2D eigenvalue weighted by molar-refractivity contribution is -0.130. The molecule has 1 aliphatic rings. The average Bonchev–Trinajstić information content (AvgIpc) is 2.96. The molecule has 198 valence electrons. The van der Waals surface area contributed by atoms with Crippen molar-refractivity contribution in [1.82, 2.24) is 19.6 Å². The predicted molar refractivity (Wildman–Crippen MR) is 149 cm³/mol. The van der Waals surface area contributed by atoms with E-state index >= 15 is 0 Å². The van der Waals surface area contributed by atoms with Crippen LogP contribution in [0.1, 0.15) is 17.3 Å². The summed E-state index contributed by atoms with van der Waals surface area (Å²) in [5.41, 5.74) is 1.25. The number of hydrogen-bond acceptors (Lipinski definition) is 6. The molecule has 5 rings (SSSR count). The zero-order chi connectivity index (χ0) is 27.4. The molecule has 0 saturated carbocycles. The number of hydrogen-bond donors (Lipinski definition) is 1. The van der Waals surface area contributed by atoms with Crippen LogP contribution in [0.3, 0.4) is 0 Å². The van der Waals surface area contributed by atoms with Crippen LogP contribution in [0.15, 0.2) is 89.9 Å². The van der Waals surface area contributed by atoms with Gasteiger partial charge in [-0.05, 0) is 54.6 Å². The average molecular weight is 544 g/mol. The van der Waals surface area contributed by atoms with Crippen molar-refractivity contribution in [2.75, 3.05) is 31.5 Å². The maximum Gasteiger partial charge on any atom is 0.299 e. The van der Waals surface area contributed by atoms with Crippen molar-refractivity contribution < 1.29 is 14.3 Å². The molecule has 0 bridgehead atoms. The van der Waals surface area contributed by atoms with Gasteiger partial charge in [0.1, 0.15) is 5.75 Å². The summed E-state index contributed by atoms with van der Waals surface area (Å²) < 4.78 is 7.26. The summed E-state index contributed by atoms with van der Waals surface area (Å²) in [4.78, 5) is 41.9. The number of aromatic nitrogens is 2. The Hall–Kier alpha value is -4.63. The van der Waals surface area contributed by atoms with E-state index in [2.05, 4.69) is 10.4 Å². The Bertz CT molecular complexity index is 1550. The molecule has 2 heterocycles. The number of carbonyl (C=O) groups is 2. The minimum atomic E-state index is -0.442. The van der Waals surface area contributed by atoms with E-state index in [0.29, 0.717) is 53.9 Å². The van der Waals surface area contributed by atoms with Gasteiger partial charge in [0.15, 0.2) is 11.4 Å². The number of benzene rings is 3. The SMILES string of the molecule is CC(=O)N1CCN(C(=O)c2cccc(Nc3c(Oc4ccccc4)cnn(-c4ccc(Cl)cc4)c3=O)c2)CC1. The van der Waals surface area contributed by atoms with Gasteiger partial charge in [0, 0.05) is 49.4 Å². The first-order chi connectivity index (χ1) is 18.9. The number of amides is 2. The third-order valence-corrected chi connectivity index (χ3v) is 6.63. The largest absolute Gasteiger partial charge is 0.453 e. The standard InChI is InChI=1S/C29H26ClN5O4/c1-20(36)33-14-16-34(17-15-33)28(37)21-6-5-7-23(18-21)32-27-26(39-25-8-3-2-4-9-25)19-31-35(29(27)38)24-12-10-22(30)11-13-24/h2-13,18-19,32H,14-17H2,1H3. The Balaban J connectivity index is 1.46. The number of piperazine rings is 1. The van der Waals surface area contributed by atoms with Crippen LogP contribution in [-0.4, -0.2) is 57.6 Å². The second-order valence-corrected chi connectivity index (χ2v) is 9.43. The van der Waals surface area contributed by atoms with E-state index in [1.54, 1.807) is 70.5 Å². The van der Waals surface area contributed by atoms with Crippen molar-refractivity contribution in [3.8, 4) is 17.2 Å². The highest BCUT2D eigenvalue weighted by Crippen LogP contribution is 2.29. The van der Waals surface area contributed by atoms with Gasteiger partial charge in [-0.3, -0.25) is 14.4 Å². The van der Waals surface area contributed by atoms with E-state index in [4.69, 9.17) is 16.3 Å². The Labute approximate surface area is 230 Å². The number of anilines is 2. The molecule has 4 aromatic rings. The highest BCUT2D eigenvalue weighted by Gasteiger charge is 2.24. The molecule has 0 spiro atoms. The van der Waals surface area contributed by atoms with E-state index in [-0.39, 0.29) is 23.3 Å². The molecule has 0 atom stereocenters. The molecular formula is C29H26ClN5O4. The molecular weight excluding hydrogens is 518 g/mol. The monoisotopic (exact) mass is 543 g/mol. The molecule has 1 aliphatic heterocycles. The number of rotatable bonds is 6. The molecule has 3 aromatic carbocycles. The summed E-state index contributed by atoms with van der Waals surface area (Å²) in [5.74, 6) is 0.632. The molecule has 10 heteroatoms. The normalized spacial score (nSPS) is 13.2. The molecule has 2 amide bonds. The predicted octanol–water partition coefficient (Wildman–Crippen LogP) is 4.73. The number of nitrogens with one attached hydrogen (secondary N) is 1. The van der Waals surface area contributed by atoms with Gasteiger partial charge < -0.3 is 19.9 Å². The first kappa shape index (κ1) is 26.0. The first-order valence-corrected chi connectivity index (χ1v) is 12.8. The number of halogens is 1. The second kappa shape index (κ2) is 11.4. The minimum absolute atomic E-state index is 0.00318. The summed E-state index contributed by atoms with van der Waals surface area (Å²) in [6.07, 6.45) is 1.47. The van der Waals surface area contributed by atoms with Crippen LogP contribution in [0.4, 0.5) is 11.4 Å². The summed E-state index contributed by atoms with van der Waals surface area (Å²) in [5, 5.41) is 8.00. The maximum atomic E-state index is 13.6. The highest BCUT2D eigenvalue weighted by atomic mass is 35.5. The second-order valence-electron chi connectivity index (χ2n) is 9.00. The van der Waals surface area contributed by atoms with Gasteiger partial charge >= 0.3 is 0 Å². The number of ether oxygens (including phenoxy) is 1. The molecule has 39 heavy (non-hydrogen) atoms. The fourth-order valence-electron chi connectivity index (χ4n) is 4.29. The van der Waals surface area contributed by atoms with E-state index in [1.165, 1.54) is 17.8 Å². The summed E-state index contributed by atoms with van der Waals surface area (Å²) in [6, 6.07) is 22.8. The van der Waals surface area contributed by atoms with Crippen LogP contribution >= 0.6 is 11.6 Å². The summed E-state index contributed by atoms with van der Waals surface area (Å²) in [6.45, 7) is 3.45. The number of nitrogens with zero attached hydrogens (tertiary/aromatic N) is 4. The molecule has 0 aliphatic carbocycles. The van der Waals surface area contributed by atoms with Gasteiger partial charge in [-0.25, -0.2) is 0 Å². The van der Waals surface area contributed by atoms with Gasteiger partial charge in [-0.1, -0.05) is 35.9 Å². The molecule has 1 aromatic heterocycles. The van der Waals surface area contributed by atoms with Gasteiger partial charge in [0.05, 0.1) is 11.9 Å². The summed E-state index contributed by atoms with van der Waals surface area (Å²) in [7, 11) is 0. The molecule has 1 N–H and O–H groups in total. The van der Waals surface area contributed by atoms with Crippen molar-refractivity contribution in [3.63, 3.8) is 0 Å². The first-order valence-electron chi connectivity index (χ1n) is 12.4. The lowest BCUT2D eigenvalue weighted by atomic mass is 10.1. The third-order valence-electron chi connectivity index (χ3n) is 6.38. The molecule has 1 fully saturated rings. The quantitative estimate of drug-likeness (QED) is 0.378. The lowest BCUT2D eigenvalue weighted by Crippen LogP contribution is -2.50. The van der Waals surface area contributed by atoms with Crippen molar-refractivity contribution in [2.24, 2.45) is 0 Å². The minimum Gasteiger partial charge on any atom is -0.453 e. The molecule has 0 radical (unpaired) electrons. The summed E-state index contributed by atoms with van der Waals surface area (Å²) >= 11 is 6.02. The van der Waals surface area contributed by atoms with E-state index in [1.807, 2.05) is 18.2 Å². The Morgan fingerprint density at radius 2 is 1.59 bits per heavy atom. The third kappa shape index (κ3) is 5.94. The maximum absolute atomic E-state index is 13.6. The smallest absolute Gasteiger partial charge is 0.299 e. The fraction of sp³-hybridized carbons (Fsp3) is 0.172. The van der Waals surface area contributed by atoms with Crippen molar-refractivity contribution in [1.29, 1.82) is 0 Å². The van der Waals surface area contributed by atoms with Crippen molar-refractivity contribution >= 4 is 34.8 Å². The van der Waals surface area contributed by atoms with Crippen LogP contribution in [0, 0.1) is 0 Å². The van der Waals surface area contributed by atoms with Gasteiger partial charge in [-0.15, -0.1) is 0 Å². The molecule has 1 saturated heterocycles. The van der Waals surface area contributed by atoms with E-state index in [9.17, 15) is 14.4 Å². The number of carbonyl (C=O) groups excluding carboxylic acids is 2.